The third-order valence-corrected chi connectivity index (χ3v) is 6.25. The van der Waals surface area contributed by atoms with Gasteiger partial charge in [-0.3, -0.25) is 4.98 Å². The monoisotopic (exact) mass is 440 g/mol. The fraction of sp³-hybridized carbons (Fsp3) is 0.154. The van der Waals surface area contributed by atoms with Crippen molar-refractivity contribution in [2.45, 2.75) is 25.4 Å². The van der Waals surface area contributed by atoms with Crippen molar-refractivity contribution in [3.05, 3.63) is 108 Å². The van der Waals surface area contributed by atoms with Gasteiger partial charge >= 0.3 is 0 Å². The molecule has 0 aliphatic carbocycles. The summed E-state index contributed by atoms with van der Waals surface area (Å²) >= 11 is 5.83. The van der Waals surface area contributed by atoms with Crippen molar-refractivity contribution in [1.82, 2.24) is 14.9 Å². The van der Waals surface area contributed by atoms with E-state index in [2.05, 4.69) is 57.0 Å². The van der Waals surface area contributed by atoms with Crippen LogP contribution in [0.15, 0.2) is 91.3 Å². The lowest BCUT2D eigenvalue weighted by Gasteiger charge is -2.29. The highest BCUT2D eigenvalue weighted by Crippen LogP contribution is 2.42. The average Bonchev–Trinajstić information content (AvgIpc) is 3.44. The number of nitrogens with one attached hydrogen (secondary N) is 1. The molecule has 32 heavy (non-hydrogen) atoms. The highest BCUT2D eigenvalue weighted by atomic mass is 32.1. The summed E-state index contributed by atoms with van der Waals surface area (Å²) in [4.78, 5) is 6.81. The predicted molar refractivity (Wildman–Crippen MR) is 131 cm³/mol. The number of thiocarbonyl (C=S) groups is 1. The largest absolute Gasteiger partial charge is 0.508 e. The molecule has 1 aliphatic rings. The van der Waals surface area contributed by atoms with Crippen molar-refractivity contribution in [1.29, 1.82) is 0 Å². The van der Waals surface area contributed by atoms with Gasteiger partial charge in [-0.1, -0.05) is 25.1 Å². The minimum Gasteiger partial charge on any atom is -0.508 e. The molecule has 0 bridgehead atoms. The Balaban J connectivity index is 1.64. The molecule has 2 atom stereocenters. The zero-order valence-electron chi connectivity index (χ0n) is 17.7. The number of anilines is 1. The van der Waals surface area contributed by atoms with Crippen LogP contribution in [0.1, 0.15) is 36.0 Å². The molecule has 2 aromatic carbocycles. The van der Waals surface area contributed by atoms with E-state index in [4.69, 9.17) is 12.2 Å². The fourth-order valence-corrected chi connectivity index (χ4v) is 4.66. The number of pyridine rings is 1. The second-order valence-electron chi connectivity index (χ2n) is 7.84. The molecule has 0 radical (unpaired) electrons. The summed E-state index contributed by atoms with van der Waals surface area (Å²) in [7, 11) is 0. The molecular weight excluding hydrogens is 416 g/mol. The van der Waals surface area contributed by atoms with E-state index in [9.17, 15) is 5.11 Å². The number of hydrogen-bond acceptors (Lipinski definition) is 3. The Hall–Kier alpha value is -3.64. The molecule has 0 saturated carbocycles. The van der Waals surface area contributed by atoms with E-state index >= 15 is 0 Å². The number of aromatic nitrogens is 2. The Bertz CT molecular complexity index is 1220. The molecule has 0 amide bonds. The normalized spacial score (nSPS) is 18.0. The molecule has 6 heteroatoms. The van der Waals surface area contributed by atoms with Crippen LogP contribution in [0.4, 0.5) is 5.69 Å². The van der Waals surface area contributed by atoms with E-state index in [1.807, 2.05) is 48.8 Å². The zero-order chi connectivity index (χ0) is 22.1. The van der Waals surface area contributed by atoms with Gasteiger partial charge in [0.2, 0.25) is 0 Å². The molecule has 2 N–H and O–H groups in total. The summed E-state index contributed by atoms with van der Waals surface area (Å²) in [5, 5.41) is 13.9. The minimum absolute atomic E-state index is 0.103. The standard InChI is InChI=1S/C26H24N4OS/c1-2-18-8-10-20(11-9-18)30-25(24(28-26(30)32)22-6-3-4-16-27-22)23-7-5-17-29(23)19-12-14-21(31)15-13-19/h3-17,24-25,31H,2H2,1H3,(H,28,32)/t24-,25-/m1/s1. The van der Waals surface area contributed by atoms with Crippen LogP contribution in [0.5, 0.6) is 5.75 Å². The van der Waals surface area contributed by atoms with Gasteiger partial charge in [0.15, 0.2) is 5.11 Å². The number of phenols is 1. The molecule has 0 unspecified atom stereocenters. The van der Waals surface area contributed by atoms with Gasteiger partial charge in [0.05, 0.1) is 11.7 Å². The highest BCUT2D eigenvalue weighted by Gasteiger charge is 2.42. The van der Waals surface area contributed by atoms with E-state index in [-0.39, 0.29) is 17.8 Å². The minimum atomic E-state index is -0.111. The molecule has 0 spiro atoms. The third-order valence-electron chi connectivity index (χ3n) is 5.93. The Morgan fingerprint density at radius 3 is 2.38 bits per heavy atom. The van der Waals surface area contributed by atoms with Crippen LogP contribution >= 0.6 is 12.2 Å². The van der Waals surface area contributed by atoms with E-state index in [1.165, 1.54) is 5.56 Å². The van der Waals surface area contributed by atoms with Crippen molar-refractivity contribution in [2.75, 3.05) is 4.90 Å². The first-order valence-corrected chi connectivity index (χ1v) is 11.1. The maximum Gasteiger partial charge on any atom is 0.174 e. The smallest absolute Gasteiger partial charge is 0.174 e. The van der Waals surface area contributed by atoms with Crippen LogP contribution in [-0.4, -0.2) is 19.8 Å². The van der Waals surface area contributed by atoms with E-state index in [0.29, 0.717) is 5.11 Å². The molecule has 1 fully saturated rings. The summed E-state index contributed by atoms with van der Waals surface area (Å²) in [6.45, 7) is 2.15. The second-order valence-corrected chi connectivity index (χ2v) is 8.22. The van der Waals surface area contributed by atoms with Crippen molar-refractivity contribution in [2.24, 2.45) is 0 Å². The Morgan fingerprint density at radius 1 is 0.938 bits per heavy atom. The summed E-state index contributed by atoms with van der Waals surface area (Å²) in [5.74, 6) is 0.246. The molecule has 5 rings (SSSR count). The van der Waals surface area contributed by atoms with Gasteiger partial charge in [0.1, 0.15) is 11.8 Å². The van der Waals surface area contributed by atoms with Gasteiger partial charge in [-0.05, 0) is 84.9 Å². The second kappa shape index (κ2) is 8.48. The summed E-state index contributed by atoms with van der Waals surface area (Å²) in [5.41, 5.74) is 5.32. The predicted octanol–water partition coefficient (Wildman–Crippen LogP) is 5.32. The van der Waals surface area contributed by atoms with Crippen molar-refractivity contribution in [3.8, 4) is 11.4 Å². The zero-order valence-corrected chi connectivity index (χ0v) is 18.5. The molecule has 2 aromatic heterocycles. The third kappa shape index (κ3) is 3.63. The van der Waals surface area contributed by atoms with Gasteiger partial charge in [-0.25, -0.2) is 0 Å². The first-order valence-electron chi connectivity index (χ1n) is 10.7. The Labute approximate surface area is 193 Å². The fourth-order valence-electron chi connectivity index (χ4n) is 4.31. The van der Waals surface area contributed by atoms with E-state index < -0.39 is 0 Å². The van der Waals surface area contributed by atoms with Gasteiger partial charge in [-0.15, -0.1) is 0 Å². The first kappa shape index (κ1) is 20.3. The number of rotatable bonds is 5. The molecule has 5 nitrogen and oxygen atoms in total. The number of aryl methyl sites for hydroxylation is 1. The lowest BCUT2D eigenvalue weighted by molar-refractivity contribution is 0.475. The van der Waals surface area contributed by atoms with E-state index in [0.717, 1.165) is 29.2 Å². The van der Waals surface area contributed by atoms with Crippen LogP contribution < -0.4 is 10.2 Å². The Morgan fingerprint density at radius 2 is 1.69 bits per heavy atom. The number of phenolic OH excluding ortho intramolecular Hbond substituents is 1. The summed E-state index contributed by atoms with van der Waals surface area (Å²) in [6, 6.07) is 25.7. The van der Waals surface area contributed by atoms with Crippen LogP contribution in [0.2, 0.25) is 0 Å². The van der Waals surface area contributed by atoms with Crippen molar-refractivity contribution >= 4 is 23.0 Å². The van der Waals surface area contributed by atoms with Crippen LogP contribution in [-0.2, 0) is 6.42 Å². The maximum absolute atomic E-state index is 9.74. The molecule has 1 aliphatic heterocycles. The highest BCUT2D eigenvalue weighted by molar-refractivity contribution is 7.80. The lowest BCUT2D eigenvalue weighted by atomic mass is 10.0. The summed E-state index contributed by atoms with van der Waals surface area (Å²) in [6.07, 6.45) is 4.85. The quantitative estimate of drug-likeness (QED) is 0.412. The van der Waals surface area contributed by atoms with Gasteiger partial charge in [-0.2, -0.15) is 0 Å². The van der Waals surface area contributed by atoms with E-state index in [1.54, 1.807) is 12.1 Å². The number of hydrogen-bond donors (Lipinski definition) is 2. The average molecular weight is 441 g/mol. The molecule has 160 valence electrons. The van der Waals surface area contributed by atoms with Crippen LogP contribution in [0, 0.1) is 0 Å². The van der Waals surface area contributed by atoms with Crippen molar-refractivity contribution < 1.29 is 5.11 Å². The molecule has 3 heterocycles. The van der Waals surface area contributed by atoms with Crippen molar-refractivity contribution in [3.63, 3.8) is 0 Å². The summed E-state index contributed by atoms with van der Waals surface area (Å²) < 4.78 is 2.14. The molecular formula is C26H24N4OS. The number of benzene rings is 2. The van der Waals surface area contributed by atoms with Gasteiger partial charge < -0.3 is 19.9 Å². The van der Waals surface area contributed by atoms with Crippen LogP contribution in [0.3, 0.4) is 0 Å². The number of nitrogens with zero attached hydrogens (tertiary/aromatic N) is 3. The molecule has 1 saturated heterocycles. The van der Waals surface area contributed by atoms with Gasteiger partial charge in [0.25, 0.3) is 0 Å². The maximum atomic E-state index is 9.74. The van der Waals surface area contributed by atoms with Gasteiger partial charge in [0, 0.05) is 29.5 Å². The SMILES string of the molecule is CCc1ccc(N2C(=S)N[C@H](c3ccccn3)[C@H]2c2cccn2-c2ccc(O)cc2)cc1. The lowest BCUT2D eigenvalue weighted by Crippen LogP contribution is -2.30. The molecule has 4 aromatic rings. The first-order chi connectivity index (χ1) is 15.7. The topological polar surface area (TPSA) is 53.3 Å². The Kier molecular flexibility index (Phi) is 5.37. The number of aromatic hydroxyl groups is 1. The van der Waals surface area contributed by atoms with Crippen LogP contribution in [0.25, 0.3) is 5.69 Å².